The van der Waals surface area contributed by atoms with Crippen LogP contribution in [0.5, 0.6) is 5.75 Å². The molecule has 39 heavy (non-hydrogen) atoms. The third kappa shape index (κ3) is 6.32. The fraction of sp³-hybridized carbons (Fsp3) is 0.433. The van der Waals surface area contributed by atoms with E-state index in [1.54, 1.807) is 18.3 Å². The number of piperazine rings is 1. The Bertz CT molecular complexity index is 1310. The summed E-state index contributed by atoms with van der Waals surface area (Å²) in [5.74, 6) is -1.61. The van der Waals surface area contributed by atoms with E-state index in [-0.39, 0.29) is 24.1 Å². The second-order valence-corrected chi connectivity index (χ2v) is 10.5. The number of rotatable bonds is 9. The number of aromatic nitrogens is 1. The van der Waals surface area contributed by atoms with Gasteiger partial charge in [-0.15, -0.1) is 0 Å². The van der Waals surface area contributed by atoms with Gasteiger partial charge < -0.3 is 25.6 Å². The predicted octanol–water partition coefficient (Wildman–Crippen LogP) is 3.38. The van der Waals surface area contributed by atoms with E-state index >= 15 is 0 Å². The summed E-state index contributed by atoms with van der Waals surface area (Å²) in [7, 11) is 0. The maximum Gasteiger partial charge on any atom is 0.295 e. The Morgan fingerprint density at radius 3 is 2.56 bits per heavy atom. The number of hydrogen-bond acceptors (Lipinski definition) is 6. The summed E-state index contributed by atoms with van der Waals surface area (Å²) in [4.78, 5) is 48.6. The van der Waals surface area contributed by atoms with E-state index in [4.69, 9.17) is 0 Å². The summed E-state index contributed by atoms with van der Waals surface area (Å²) in [6.07, 6.45) is 6.28. The van der Waals surface area contributed by atoms with E-state index in [0.717, 1.165) is 63.8 Å². The molecule has 9 heteroatoms. The topological polar surface area (TPSA) is 118 Å². The zero-order valence-electron chi connectivity index (χ0n) is 22.2. The molecular formula is C30H37N5O4. The van der Waals surface area contributed by atoms with E-state index < -0.39 is 17.7 Å². The summed E-state index contributed by atoms with van der Waals surface area (Å²) < 4.78 is 0. The average molecular weight is 532 g/mol. The molecule has 206 valence electrons. The van der Waals surface area contributed by atoms with Gasteiger partial charge in [-0.25, -0.2) is 0 Å². The fourth-order valence-electron chi connectivity index (χ4n) is 5.92. The first kappa shape index (κ1) is 26.9. The third-order valence-corrected chi connectivity index (χ3v) is 7.97. The van der Waals surface area contributed by atoms with Crippen molar-refractivity contribution in [2.75, 3.05) is 44.6 Å². The summed E-state index contributed by atoms with van der Waals surface area (Å²) in [6.45, 7) is 4.29. The van der Waals surface area contributed by atoms with Gasteiger partial charge in [-0.1, -0.05) is 43.5 Å². The number of anilines is 1. The first-order chi connectivity index (χ1) is 19.0. The minimum atomic E-state index is -0.794. The highest BCUT2D eigenvalue weighted by molar-refractivity contribution is 6.45. The van der Waals surface area contributed by atoms with Crippen LogP contribution in [-0.4, -0.2) is 82.8 Å². The van der Waals surface area contributed by atoms with E-state index in [1.807, 2.05) is 24.3 Å². The van der Waals surface area contributed by atoms with Crippen LogP contribution in [0, 0.1) is 5.92 Å². The van der Waals surface area contributed by atoms with Crippen molar-refractivity contribution in [3.05, 3.63) is 60.3 Å². The highest BCUT2D eigenvalue weighted by atomic mass is 16.3. The maximum atomic E-state index is 14.1. The lowest BCUT2D eigenvalue weighted by Crippen LogP contribution is -2.56. The second-order valence-electron chi connectivity index (χ2n) is 10.5. The van der Waals surface area contributed by atoms with Gasteiger partial charge in [0.2, 0.25) is 5.91 Å². The van der Waals surface area contributed by atoms with Gasteiger partial charge in [-0.05, 0) is 37.0 Å². The molecule has 5 rings (SSSR count). The van der Waals surface area contributed by atoms with Crippen LogP contribution in [0.4, 0.5) is 5.69 Å². The molecule has 2 amide bonds. The number of nitrogens with zero attached hydrogens (tertiary/aromatic N) is 2. The van der Waals surface area contributed by atoms with E-state index in [1.165, 1.54) is 17.0 Å². The van der Waals surface area contributed by atoms with Crippen molar-refractivity contribution in [2.45, 2.75) is 38.1 Å². The maximum absolute atomic E-state index is 14.1. The Morgan fingerprint density at radius 1 is 1.03 bits per heavy atom. The molecule has 4 N–H and O–H groups in total. The molecule has 9 nitrogen and oxygen atoms in total. The van der Waals surface area contributed by atoms with Crippen LogP contribution in [0.2, 0.25) is 0 Å². The molecule has 1 saturated heterocycles. The molecule has 1 unspecified atom stereocenters. The number of fused-ring (bicyclic) bond motifs is 1. The molecule has 0 spiro atoms. The molecule has 2 aromatic carbocycles. The molecule has 1 aliphatic carbocycles. The van der Waals surface area contributed by atoms with Crippen molar-refractivity contribution in [2.24, 2.45) is 5.92 Å². The predicted molar refractivity (Wildman–Crippen MR) is 151 cm³/mol. The standard InChI is InChI=1S/C30H37N5O4/c36-23-10-6-9-22(19-23)33-29(38)27(21-7-2-1-3-8-21)35(18-17-34-15-13-31-14-16-34)30(39)28(37)25-20-32-26-12-5-4-11-24(25)26/h4-6,9-12,19-21,27,31-32,36H,1-3,7-8,13-18H2,(H,33,38). The van der Waals surface area contributed by atoms with Crippen LogP contribution in [0.15, 0.2) is 54.7 Å². The lowest BCUT2D eigenvalue weighted by atomic mass is 9.82. The Morgan fingerprint density at radius 2 is 1.79 bits per heavy atom. The minimum absolute atomic E-state index is 0.0446. The number of aromatic hydroxyl groups is 1. The van der Waals surface area contributed by atoms with Crippen LogP contribution in [0.1, 0.15) is 42.5 Å². The highest BCUT2D eigenvalue weighted by Gasteiger charge is 2.40. The number of H-pyrrole nitrogens is 1. The zero-order chi connectivity index (χ0) is 27.2. The lowest BCUT2D eigenvalue weighted by molar-refractivity contribution is -0.137. The van der Waals surface area contributed by atoms with Crippen LogP contribution in [0.25, 0.3) is 10.9 Å². The van der Waals surface area contributed by atoms with E-state index in [0.29, 0.717) is 23.2 Å². The number of aromatic amines is 1. The molecule has 1 aromatic heterocycles. The molecular weight excluding hydrogens is 494 g/mol. The molecule has 0 bridgehead atoms. The molecule has 3 aromatic rings. The van der Waals surface area contributed by atoms with Gasteiger partial charge in [0.1, 0.15) is 11.8 Å². The smallest absolute Gasteiger partial charge is 0.295 e. The first-order valence-corrected chi connectivity index (χ1v) is 14.0. The number of Topliss-reactive ketones (excluding diaryl/α,β-unsaturated/α-hetero) is 1. The van der Waals surface area contributed by atoms with Crippen LogP contribution in [0.3, 0.4) is 0 Å². The molecule has 2 aliphatic rings. The van der Waals surface area contributed by atoms with Crippen molar-refractivity contribution in [3.8, 4) is 5.75 Å². The summed E-state index contributed by atoms with van der Waals surface area (Å²) in [5, 5.41) is 16.9. The van der Waals surface area contributed by atoms with Crippen molar-refractivity contribution >= 4 is 34.2 Å². The van der Waals surface area contributed by atoms with Gasteiger partial charge in [0.25, 0.3) is 11.7 Å². The van der Waals surface area contributed by atoms with E-state index in [2.05, 4.69) is 20.5 Å². The first-order valence-electron chi connectivity index (χ1n) is 14.0. The summed E-state index contributed by atoms with van der Waals surface area (Å²) in [6, 6.07) is 13.0. The number of hydrogen-bond donors (Lipinski definition) is 4. The Hall–Kier alpha value is -3.69. The minimum Gasteiger partial charge on any atom is -0.508 e. The number of amides is 2. The number of ketones is 1. The van der Waals surface area contributed by atoms with Crippen LogP contribution >= 0.6 is 0 Å². The SMILES string of the molecule is O=C(C(=O)N(CCN1CCNCC1)C(C(=O)Nc1cccc(O)c1)C1CCCCC1)c1c[nH]c2ccccc12. The molecule has 2 heterocycles. The van der Waals surface area contributed by atoms with Crippen molar-refractivity contribution < 1.29 is 19.5 Å². The number of phenols is 1. The van der Waals surface area contributed by atoms with Gasteiger partial charge in [-0.2, -0.15) is 0 Å². The van der Waals surface area contributed by atoms with Crippen molar-refractivity contribution in [1.82, 2.24) is 20.1 Å². The normalized spacial score (nSPS) is 17.5. The highest BCUT2D eigenvalue weighted by Crippen LogP contribution is 2.31. The number of carbonyl (C=O) groups is 3. The molecule has 2 fully saturated rings. The van der Waals surface area contributed by atoms with Gasteiger partial charge >= 0.3 is 0 Å². The lowest BCUT2D eigenvalue weighted by Gasteiger charge is -2.39. The van der Waals surface area contributed by atoms with Crippen LogP contribution in [-0.2, 0) is 9.59 Å². The van der Waals surface area contributed by atoms with Gasteiger partial charge in [0, 0.05) is 68.1 Å². The van der Waals surface area contributed by atoms with Crippen molar-refractivity contribution in [1.29, 1.82) is 0 Å². The fourth-order valence-corrected chi connectivity index (χ4v) is 5.92. The number of phenolic OH excluding ortho intramolecular Hbond substituents is 1. The Kier molecular flexibility index (Phi) is 8.58. The Labute approximate surface area is 228 Å². The van der Waals surface area contributed by atoms with Gasteiger partial charge in [-0.3, -0.25) is 19.3 Å². The average Bonchev–Trinajstić information content (AvgIpc) is 3.39. The zero-order valence-corrected chi connectivity index (χ0v) is 22.2. The summed E-state index contributed by atoms with van der Waals surface area (Å²) >= 11 is 0. The number of para-hydroxylation sites is 1. The molecule has 1 saturated carbocycles. The second kappa shape index (κ2) is 12.4. The monoisotopic (exact) mass is 531 g/mol. The molecule has 1 atom stereocenters. The quantitative estimate of drug-likeness (QED) is 0.248. The summed E-state index contributed by atoms with van der Waals surface area (Å²) in [5.41, 5.74) is 1.56. The van der Waals surface area contributed by atoms with E-state index in [9.17, 15) is 19.5 Å². The molecule has 0 radical (unpaired) electrons. The third-order valence-electron chi connectivity index (χ3n) is 7.97. The Balaban J connectivity index is 1.47. The number of carbonyl (C=O) groups excluding carboxylic acids is 3. The number of benzene rings is 2. The molecule has 1 aliphatic heterocycles. The van der Waals surface area contributed by atoms with Crippen LogP contribution < -0.4 is 10.6 Å². The largest absolute Gasteiger partial charge is 0.508 e. The van der Waals surface area contributed by atoms with Gasteiger partial charge in [0.15, 0.2) is 0 Å². The van der Waals surface area contributed by atoms with Gasteiger partial charge in [0.05, 0.1) is 5.56 Å². The number of nitrogens with one attached hydrogen (secondary N) is 3. The van der Waals surface area contributed by atoms with Crippen molar-refractivity contribution in [3.63, 3.8) is 0 Å².